The van der Waals surface area contributed by atoms with Gasteiger partial charge in [0.25, 0.3) is 5.95 Å². The second-order valence-corrected chi connectivity index (χ2v) is 7.37. The van der Waals surface area contributed by atoms with E-state index in [1.54, 1.807) is 4.68 Å². The number of hydrogen-bond acceptors (Lipinski definition) is 6. The number of carbonyl (C=O) groups is 1. The molecule has 5 aromatic rings. The fourth-order valence-corrected chi connectivity index (χ4v) is 3.59. The summed E-state index contributed by atoms with van der Waals surface area (Å²) >= 11 is 0. The van der Waals surface area contributed by atoms with Crippen molar-refractivity contribution in [3.63, 3.8) is 0 Å². The molecular formula is C23H18N6O3. The van der Waals surface area contributed by atoms with Gasteiger partial charge < -0.3 is 10.2 Å². The molecule has 3 aromatic heterocycles. The van der Waals surface area contributed by atoms with E-state index in [1.807, 2.05) is 24.3 Å². The summed E-state index contributed by atoms with van der Waals surface area (Å²) in [4.78, 5) is 19.5. The maximum atomic E-state index is 11.1. The lowest BCUT2D eigenvalue weighted by Gasteiger charge is -2.09. The smallest absolute Gasteiger partial charge is 0.338 e. The first-order valence-electron chi connectivity index (χ1n) is 9.85. The van der Waals surface area contributed by atoms with Crippen LogP contribution in [0.25, 0.3) is 28.1 Å². The van der Waals surface area contributed by atoms with Crippen LogP contribution in [-0.2, 0) is 6.54 Å². The van der Waals surface area contributed by atoms with Gasteiger partial charge in [0.15, 0.2) is 0 Å². The molecule has 0 fully saturated rings. The lowest BCUT2D eigenvalue weighted by molar-refractivity contribution is 0.0697. The van der Waals surface area contributed by atoms with Crippen LogP contribution in [0.1, 0.15) is 21.5 Å². The Morgan fingerprint density at radius 2 is 1.78 bits per heavy atom. The van der Waals surface area contributed by atoms with Gasteiger partial charge in [-0.2, -0.15) is 15.2 Å². The summed E-state index contributed by atoms with van der Waals surface area (Å²) in [6.45, 7) is 2.51. The third-order valence-corrected chi connectivity index (χ3v) is 5.24. The largest absolute Gasteiger partial charge is 0.492 e. The van der Waals surface area contributed by atoms with Crippen molar-refractivity contribution in [1.29, 1.82) is 0 Å². The Morgan fingerprint density at radius 1 is 1.00 bits per heavy atom. The van der Waals surface area contributed by atoms with Crippen LogP contribution in [0.3, 0.4) is 0 Å². The number of benzene rings is 2. The van der Waals surface area contributed by atoms with Crippen molar-refractivity contribution in [1.82, 2.24) is 29.5 Å². The monoisotopic (exact) mass is 426 g/mol. The van der Waals surface area contributed by atoms with E-state index in [4.69, 9.17) is 5.11 Å². The SMILES string of the molecule is Cc1ccccc1-c1ccc(Cn2ncc3nc(-n4cc(C(=O)O)cn4)nc(O)c32)cc1. The van der Waals surface area contributed by atoms with Crippen molar-refractivity contribution in [2.45, 2.75) is 13.5 Å². The van der Waals surface area contributed by atoms with Gasteiger partial charge in [-0.1, -0.05) is 48.5 Å². The van der Waals surface area contributed by atoms with Crippen LogP contribution in [0, 0.1) is 6.92 Å². The van der Waals surface area contributed by atoms with Gasteiger partial charge in [-0.05, 0) is 29.2 Å². The molecule has 0 unspecified atom stereocenters. The van der Waals surface area contributed by atoms with Gasteiger partial charge in [0.05, 0.1) is 24.5 Å². The van der Waals surface area contributed by atoms with E-state index in [0.717, 1.165) is 11.1 Å². The van der Waals surface area contributed by atoms with Crippen molar-refractivity contribution in [3.05, 3.63) is 83.8 Å². The highest BCUT2D eigenvalue weighted by molar-refractivity contribution is 5.87. The predicted molar refractivity (Wildman–Crippen MR) is 117 cm³/mol. The van der Waals surface area contributed by atoms with Gasteiger partial charge in [-0.3, -0.25) is 4.68 Å². The Labute approximate surface area is 182 Å². The van der Waals surface area contributed by atoms with E-state index < -0.39 is 5.97 Å². The molecule has 0 aliphatic rings. The van der Waals surface area contributed by atoms with Crippen molar-refractivity contribution in [2.75, 3.05) is 0 Å². The minimum absolute atomic E-state index is 0.00183. The standard InChI is InChI=1S/C23H18N6O3/c1-14-4-2-3-5-18(14)16-8-6-15(7-9-16)12-28-20-19(11-25-28)26-23(27-21(20)30)29-13-17(10-24-29)22(31)32/h2-11,13H,12H2,1H3,(H,31,32)(H,26,27,30). The fraction of sp³-hybridized carbons (Fsp3) is 0.0870. The van der Waals surface area contributed by atoms with E-state index in [-0.39, 0.29) is 17.4 Å². The molecule has 2 N–H and O–H groups in total. The van der Waals surface area contributed by atoms with Crippen LogP contribution in [0.2, 0.25) is 0 Å². The molecule has 5 rings (SSSR count). The van der Waals surface area contributed by atoms with Crippen molar-refractivity contribution in [2.24, 2.45) is 0 Å². The zero-order valence-corrected chi connectivity index (χ0v) is 17.0. The summed E-state index contributed by atoms with van der Waals surface area (Å²) in [6, 6.07) is 16.4. The second kappa shape index (κ2) is 7.62. The first-order valence-corrected chi connectivity index (χ1v) is 9.85. The Kier molecular flexibility index (Phi) is 4.63. The number of aromatic carboxylic acids is 1. The zero-order chi connectivity index (χ0) is 22.2. The van der Waals surface area contributed by atoms with E-state index in [1.165, 1.54) is 34.4 Å². The lowest BCUT2D eigenvalue weighted by Crippen LogP contribution is -2.05. The Hall–Kier alpha value is -4.53. The Balaban J connectivity index is 1.44. The summed E-state index contributed by atoms with van der Waals surface area (Å²) < 4.78 is 2.83. The molecule has 0 bridgehead atoms. The number of carboxylic acid groups (broad SMARTS) is 1. The molecule has 0 atom stereocenters. The number of carboxylic acids is 1. The highest BCUT2D eigenvalue weighted by Gasteiger charge is 2.16. The topological polar surface area (TPSA) is 119 Å². The zero-order valence-electron chi connectivity index (χ0n) is 17.0. The predicted octanol–water partition coefficient (Wildman–Crippen LogP) is 3.44. The number of aromatic hydroxyl groups is 1. The van der Waals surface area contributed by atoms with Crippen LogP contribution in [0.15, 0.2) is 67.1 Å². The number of aryl methyl sites for hydroxylation is 1. The molecule has 0 aliphatic heterocycles. The highest BCUT2D eigenvalue weighted by atomic mass is 16.4. The quantitative estimate of drug-likeness (QED) is 0.442. The molecule has 9 heteroatoms. The first kappa shape index (κ1) is 19.4. The molecule has 0 saturated carbocycles. The third kappa shape index (κ3) is 3.45. The van der Waals surface area contributed by atoms with Crippen molar-refractivity contribution in [3.8, 4) is 23.0 Å². The fourth-order valence-electron chi connectivity index (χ4n) is 3.59. The van der Waals surface area contributed by atoms with Crippen LogP contribution in [0.4, 0.5) is 0 Å². The maximum absolute atomic E-state index is 11.1. The molecule has 0 radical (unpaired) electrons. The van der Waals surface area contributed by atoms with Crippen molar-refractivity contribution < 1.29 is 15.0 Å². The van der Waals surface area contributed by atoms with Gasteiger partial charge in [-0.25, -0.2) is 14.5 Å². The molecule has 0 amide bonds. The Morgan fingerprint density at radius 3 is 2.50 bits per heavy atom. The van der Waals surface area contributed by atoms with Crippen LogP contribution in [-0.4, -0.2) is 45.7 Å². The van der Waals surface area contributed by atoms with Crippen LogP contribution >= 0.6 is 0 Å². The van der Waals surface area contributed by atoms with Gasteiger partial charge in [0, 0.05) is 6.20 Å². The summed E-state index contributed by atoms with van der Waals surface area (Å²) in [5.74, 6) is -1.31. The molecule has 0 aliphatic carbocycles. The third-order valence-electron chi connectivity index (χ3n) is 5.24. The molecule has 0 saturated heterocycles. The van der Waals surface area contributed by atoms with E-state index in [2.05, 4.69) is 51.4 Å². The molecule has 32 heavy (non-hydrogen) atoms. The number of aromatic nitrogens is 6. The van der Waals surface area contributed by atoms with Gasteiger partial charge >= 0.3 is 5.97 Å². The molecule has 0 spiro atoms. The maximum Gasteiger partial charge on any atom is 0.338 e. The normalized spacial score (nSPS) is 11.2. The number of nitrogens with zero attached hydrogens (tertiary/aromatic N) is 6. The average molecular weight is 426 g/mol. The number of rotatable bonds is 5. The molecule has 158 valence electrons. The Bertz CT molecular complexity index is 1450. The first-order chi connectivity index (χ1) is 15.5. The van der Waals surface area contributed by atoms with Crippen LogP contribution in [0.5, 0.6) is 5.88 Å². The van der Waals surface area contributed by atoms with Gasteiger partial charge in [0.1, 0.15) is 11.0 Å². The van der Waals surface area contributed by atoms with E-state index in [9.17, 15) is 9.90 Å². The van der Waals surface area contributed by atoms with Crippen LogP contribution < -0.4 is 0 Å². The summed E-state index contributed by atoms with van der Waals surface area (Å²) in [5, 5.41) is 27.9. The average Bonchev–Trinajstić information content (AvgIpc) is 3.43. The van der Waals surface area contributed by atoms with E-state index >= 15 is 0 Å². The second-order valence-electron chi connectivity index (χ2n) is 7.37. The molecule has 3 heterocycles. The van der Waals surface area contributed by atoms with Gasteiger partial charge in [-0.15, -0.1) is 0 Å². The minimum atomic E-state index is -1.11. The van der Waals surface area contributed by atoms with Crippen molar-refractivity contribution >= 4 is 17.0 Å². The van der Waals surface area contributed by atoms with Gasteiger partial charge in [0.2, 0.25) is 5.88 Å². The molecular weight excluding hydrogens is 408 g/mol. The van der Waals surface area contributed by atoms with E-state index in [0.29, 0.717) is 17.6 Å². The highest BCUT2D eigenvalue weighted by Crippen LogP contribution is 2.25. The number of fused-ring (bicyclic) bond motifs is 1. The number of hydrogen-bond donors (Lipinski definition) is 2. The lowest BCUT2D eigenvalue weighted by atomic mass is 10.00. The summed E-state index contributed by atoms with van der Waals surface area (Å²) in [7, 11) is 0. The summed E-state index contributed by atoms with van der Waals surface area (Å²) in [5.41, 5.74) is 5.36. The molecule has 2 aromatic carbocycles. The minimum Gasteiger partial charge on any atom is -0.492 e. The summed E-state index contributed by atoms with van der Waals surface area (Å²) in [6.07, 6.45) is 4.00. The molecule has 9 nitrogen and oxygen atoms in total.